The van der Waals surface area contributed by atoms with Gasteiger partial charge in [-0.15, -0.1) is 0 Å². The van der Waals surface area contributed by atoms with Crippen LogP contribution in [-0.2, 0) is 26.0 Å². The number of benzene rings is 1. The summed E-state index contributed by atoms with van der Waals surface area (Å²) in [5, 5.41) is 12.2. The number of aliphatic carboxylic acids is 1. The highest BCUT2D eigenvalue weighted by Crippen LogP contribution is 2.32. The number of nitrogens with two attached hydrogens (primary N) is 2. The number of hydrogen-bond donors (Lipinski definition) is 5. The van der Waals surface area contributed by atoms with E-state index in [-0.39, 0.29) is 24.0 Å². The second kappa shape index (κ2) is 11.0. The van der Waals surface area contributed by atoms with E-state index in [1.165, 1.54) is 0 Å². The topological polar surface area (TPSA) is 186 Å². The van der Waals surface area contributed by atoms with Gasteiger partial charge in [0, 0.05) is 6.54 Å². The van der Waals surface area contributed by atoms with E-state index in [9.17, 15) is 23.1 Å². The first-order chi connectivity index (χ1) is 14.6. The lowest BCUT2D eigenvalue weighted by atomic mass is 10.0. The maximum atomic E-state index is 12.3. The van der Waals surface area contributed by atoms with Crippen molar-refractivity contribution in [2.45, 2.75) is 51.2 Å². The first kappa shape index (κ1) is 24.4. The Labute approximate surface area is 181 Å². The Hall–Kier alpha value is -2.86. The molecular weight excluding hydrogens is 426 g/mol. The molecule has 0 saturated heterocycles. The van der Waals surface area contributed by atoms with Crippen LogP contribution < -0.4 is 26.2 Å². The molecule has 1 aromatic carbocycles. The van der Waals surface area contributed by atoms with Crippen LogP contribution >= 0.6 is 0 Å². The molecule has 0 bridgehead atoms. The lowest BCUT2D eigenvalue weighted by molar-refractivity contribution is -0.139. The van der Waals surface area contributed by atoms with E-state index in [2.05, 4.69) is 15.0 Å². The van der Waals surface area contributed by atoms with Crippen molar-refractivity contribution < 1.29 is 27.9 Å². The van der Waals surface area contributed by atoms with Crippen LogP contribution in [0, 0.1) is 0 Å². The molecule has 0 aliphatic carbocycles. The number of unbranched alkanes of at least 4 members (excludes halogenated alkanes) is 1. The number of hydrogen-bond acceptors (Lipinski definition) is 6. The summed E-state index contributed by atoms with van der Waals surface area (Å²) in [6.07, 6.45) is 1.33. The quantitative estimate of drug-likeness (QED) is 0.167. The van der Waals surface area contributed by atoms with Crippen LogP contribution in [0.5, 0.6) is 5.75 Å². The zero-order valence-electron chi connectivity index (χ0n) is 17.3. The number of fused-ring (bicyclic) bond motifs is 1. The summed E-state index contributed by atoms with van der Waals surface area (Å²) in [6.45, 7) is 2.23. The molecule has 0 aromatic heterocycles. The lowest BCUT2D eigenvalue weighted by Crippen LogP contribution is -2.43. The molecule has 11 nitrogen and oxygen atoms in total. The minimum absolute atomic E-state index is 0.0146. The summed E-state index contributed by atoms with van der Waals surface area (Å²) in [4.78, 5) is 27.7. The van der Waals surface area contributed by atoms with E-state index in [1.54, 1.807) is 18.2 Å². The Bertz CT molecular complexity index is 930. The van der Waals surface area contributed by atoms with Crippen molar-refractivity contribution in [3.8, 4) is 5.75 Å². The van der Waals surface area contributed by atoms with Crippen LogP contribution in [-0.4, -0.2) is 55.8 Å². The second-order valence-electron chi connectivity index (χ2n) is 7.26. The highest BCUT2D eigenvalue weighted by Gasteiger charge is 2.28. The van der Waals surface area contributed by atoms with Crippen molar-refractivity contribution in [3.63, 3.8) is 0 Å². The first-order valence-corrected chi connectivity index (χ1v) is 11.6. The zero-order chi connectivity index (χ0) is 23.0. The van der Waals surface area contributed by atoms with E-state index in [0.29, 0.717) is 49.2 Å². The number of carboxylic acids is 1. The molecule has 2 atom stereocenters. The largest absolute Gasteiger partial charge is 0.480 e. The molecule has 172 valence electrons. The molecule has 31 heavy (non-hydrogen) atoms. The predicted molar refractivity (Wildman–Crippen MR) is 116 cm³/mol. The number of guanidine groups is 1. The summed E-state index contributed by atoms with van der Waals surface area (Å²) in [5.74, 6) is -1.31. The molecule has 0 spiro atoms. The van der Waals surface area contributed by atoms with Crippen LogP contribution in [0.3, 0.4) is 0 Å². The van der Waals surface area contributed by atoms with E-state index in [0.717, 1.165) is 0 Å². The third-order valence-electron chi connectivity index (χ3n) is 4.61. The van der Waals surface area contributed by atoms with Crippen molar-refractivity contribution in [2.24, 2.45) is 16.5 Å². The summed E-state index contributed by atoms with van der Waals surface area (Å²) < 4.78 is 32.1. The number of rotatable bonds is 12. The van der Waals surface area contributed by atoms with Crippen LogP contribution in [0.1, 0.15) is 38.2 Å². The molecule has 2 rings (SSSR count). The number of carbonyl (C=O) groups is 2. The highest BCUT2D eigenvalue weighted by molar-refractivity contribution is 7.89. The maximum Gasteiger partial charge on any atom is 0.322 e. The van der Waals surface area contributed by atoms with Gasteiger partial charge in [0.1, 0.15) is 11.8 Å². The summed E-state index contributed by atoms with van der Waals surface area (Å²) in [6, 6.07) is 3.53. The number of ether oxygens (including phenoxy) is 1. The molecule has 0 radical (unpaired) electrons. The van der Waals surface area contributed by atoms with Gasteiger partial charge in [0.15, 0.2) is 12.1 Å². The Morgan fingerprint density at radius 3 is 2.74 bits per heavy atom. The third kappa shape index (κ3) is 7.72. The van der Waals surface area contributed by atoms with Crippen LogP contribution in [0.25, 0.3) is 0 Å². The predicted octanol–water partition coefficient (Wildman–Crippen LogP) is 0.155. The molecule has 1 heterocycles. The molecule has 1 aromatic rings. The fourth-order valence-electron chi connectivity index (χ4n) is 3.02. The average Bonchev–Trinajstić information content (AvgIpc) is 2.69. The molecule has 0 unspecified atom stereocenters. The van der Waals surface area contributed by atoms with Gasteiger partial charge in [-0.2, -0.15) is 0 Å². The Balaban J connectivity index is 2.04. The molecule has 0 saturated carbocycles. The van der Waals surface area contributed by atoms with E-state index in [1.807, 2.05) is 6.92 Å². The lowest BCUT2D eigenvalue weighted by Gasteiger charge is -2.26. The Morgan fingerprint density at radius 2 is 2.10 bits per heavy atom. The van der Waals surface area contributed by atoms with Crippen LogP contribution in [0.2, 0.25) is 0 Å². The van der Waals surface area contributed by atoms with Gasteiger partial charge in [0.2, 0.25) is 10.0 Å². The fraction of sp³-hybridized carbons (Fsp3) is 0.526. The van der Waals surface area contributed by atoms with Gasteiger partial charge in [-0.25, -0.2) is 13.1 Å². The van der Waals surface area contributed by atoms with Crippen molar-refractivity contribution in [1.82, 2.24) is 4.72 Å². The van der Waals surface area contributed by atoms with Crippen molar-refractivity contribution >= 4 is 33.5 Å². The van der Waals surface area contributed by atoms with Crippen molar-refractivity contribution in [1.29, 1.82) is 0 Å². The SMILES string of the molecule is CCCCS(=O)(=O)N[C@@H](Cc1ccc2c(c1)NC(=O)[C@@H](CCCN=C(N)N)O2)C(=O)O. The molecule has 12 heteroatoms. The van der Waals surface area contributed by atoms with Gasteiger partial charge < -0.3 is 26.6 Å². The summed E-state index contributed by atoms with van der Waals surface area (Å²) >= 11 is 0. The highest BCUT2D eigenvalue weighted by atomic mass is 32.2. The van der Waals surface area contributed by atoms with Gasteiger partial charge in [0.25, 0.3) is 5.91 Å². The van der Waals surface area contributed by atoms with E-state index >= 15 is 0 Å². The number of nitrogens with zero attached hydrogens (tertiary/aromatic N) is 1. The maximum absolute atomic E-state index is 12.3. The number of carbonyl (C=O) groups excluding carboxylic acids is 1. The molecule has 0 fully saturated rings. The monoisotopic (exact) mass is 455 g/mol. The number of anilines is 1. The van der Waals surface area contributed by atoms with E-state index < -0.39 is 28.1 Å². The summed E-state index contributed by atoms with van der Waals surface area (Å²) in [7, 11) is -3.71. The first-order valence-electron chi connectivity index (χ1n) is 10.00. The average molecular weight is 456 g/mol. The fourth-order valence-corrected chi connectivity index (χ4v) is 4.43. The number of nitrogens with one attached hydrogen (secondary N) is 2. The molecule has 1 aliphatic rings. The number of carboxylic acid groups (broad SMARTS) is 1. The van der Waals surface area contributed by atoms with Crippen molar-refractivity contribution in [3.05, 3.63) is 23.8 Å². The normalized spacial score (nSPS) is 16.5. The number of amides is 1. The van der Waals surface area contributed by atoms with E-state index in [4.69, 9.17) is 16.2 Å². The smallest absolute Gasteiger partial charge is 0.322 e. The van der Waals surface area contributed by atoms with Crippen molar-refractivity contribution in [2.75, 3.05) is 17.6 Å². The Kier molecular flexibility index (Phi) is 8.63. The molecule has 1 aliphatic heterocycles. The van der Waals surface area contributed by atoms with Gasteiger partial charge >= 0.3 is 5.97 Å². The molecule has 1 amide bonds. The van der Waals surface area contributed by atoms with Gasteiger partial charge in [-0.05, 0) is 43.4 Å². The third-order valence-corrected chi connectivity index (χ3v) is 6.08. The van der Waals surface area contributed by atoms with Gasteiger partial charge in [0.05, 0.1) is 11.4 Å². The molecular formula is C19H29N5O6S. The second-order valence-corrected chi connectivity index (χ2v) is 9.13. The zero-order valence-corrected chi connectivity index (χ0v) is 18.2. The molecule has 7 N–H and O–H groups in total. The summed E-state index contributed by atoms with van der Waals surface area (Å²) in [5.41, 5.74) is 11.5. The van der Waals surface area contributed by atoms with Gasteiger partial charge in [-0.1, -0.05) is 19.4 Å². The minimum Gasteiger partial charge on any atom is -0.480 e. The standard InChI is InChI=1S/C19H29N5O6S/c1-2-3-9-31(28,29)24-14(18(26)27)11-12-6-7-15-13(10-12)23-17(25)16(30-15)5-4-8-22-19(20)21/h6-7,10,14,16,24H,2-5,8-9,11H2,1H3,(H,23,25)(H,26,27)(H4,20,21,22)/t14-,16+/m0/s1. The Morgan fingerprint density at radius 1 is 1.35 bits per heavy atom. The minimum atomic E-state index is -3.71. The van der Waals surface area contributed by atoms with Crippen LogP contribution in [0.15, 0.2) is 23.2 Å². The van der Waals surface area contributed by atoms with Crippen LogP contribution in [0.4, 0.5) is 5.69 Å². The number of aliphatic imine (C=N–C) groups is 1. The van der Waals surface area contributed by atoms with Gasteiger partial charge in [-0.3, -0.25) is 14.6 Å². The number of sulfonamides is 1.